The number of hydrogen-bond donors (Lipinski definition) is 0. The van der Waals surface area contributed by atoms with E-state index < -0.39 is 0 Å². The van der Waals surface area contributed by atoms with Crippen LogP contribution in [0.5, 0.6) is 0 Å². The minimum atomic E-state index is 0.585. The van der Waals surface area contributed by atoms with E-state index in [1.807, 2.05) is 0 Å². The van der Waals surface area contributed by atoms with Crippen molar-refractivity contribution >= 4 is 0 Å². The zero-order valence-electron chi connectivity index (χ0n) is 11.1. The molecule has 0 saturated carbocycles. The molecule has 0 heterocycles. The van der Waals surface area contributed by atoms with Gasteiger partial charge in [0.25, 0.3) is 0 Å². The van der Waals surface area contributed by atoms with Crippen molar-refractivity contribution in [1.82, 2.24) is 0 Å². The lowest BCUT2D eigenvalue weighted by Crippen LogP contribution is -1.88. The van der Waals surface area contributed by atoms with Gasteiger partial charge in [0.05, 0.1) is 0 Å². The first-order valence-corrected chi connectivity index (χ1v) is 6.25. The molecule has 0 atom stereocenters. The van der Waals surface area contributed by atoms with Gasteiger partial charge in [-0.15, -0.1) is 0 Å². The lowest BCUT2D eigenvalue weighted by atomic mass is 9.96. The van der Waals surface area contributed by atoms with E-state index in [0.29, 0.717) is 5.92 Å². The van der Waals surface area contributed by atoms with Crippen LogP contribution in [0.25, 0.3) is 11.1 Å². The second kappa shape index (κ2) is 4.75. The maximum atomic E-state index is 2.30. The fourth-order valence-corrected chi connectivity index (χ4v) is 2.00. The molecular weight excluding hydrogens is 204 g/mol. The van der Waals surface area contributed by atoms with Gasteiger partial charge >= 0.3 is 0 Å². The molecule has 0 aliphatic heterocycles. The highest BCUT2D eigenvalue weighted by Gasteiger charge is 2.03. The van der Waals surface area contributed by atoms with Crippen LogP contribution in [0.2, 0.25) is 0 Å². The Morgan fingerprint density at radius 3 is 2.12 bits per heavy atom. The van der Waals surface area contributed by atoms with Crippen molar-refractivity contribution in [2.45, 2.75) is 33.6 Å². The summed E-state index contributed by atoms with van der Waals surface area (Å²) in [7, 11) is 0. The average Bonchev–Trinajstić information content (AvgIpc) is 2.33. The highest BCUT2D eigenvalue weighted by atomic mass is 14.1. The Morgan fingerprint density at radius 2 is 1.47 bits per heavy atom. The molecule has 2 aromatic carbocycles. The van der Waals surface area contributed by atoms with E-state index in [4.69, 9.17) is 0 Å². The molecule has 2 aromatic rings. The molecule has 0 N–H and O–H groups in total. The summed E-state index contributed by atoms with van der Waals surface area (Å²) in [5.41, 5.74) is 6.75. The van der Waals surface area contributed by atoms with E-state index in [2.05, 4.69) is 70.2 Å². The Hall–Kier alpha value is -1.56. The Kier molecular flexibility index (Phi) is 3.33. The smallest absolute Gasteiger partial charge is 0.0181 e. The van der Waals surface area contributed by atoms with Crippen LogP contribution in [-0.2, 0) is 0 Å². The lowest BCUT2D eigenvalue weighted by Gasteiger charge is -2.09. The maximum Gasteiger partial charge on any atom is -0.0181 e. The Bertz CT molecular complexity index is 521. The van der Waals surface area contributed by atoms with Gasteiger partial charge in [-0.25, -0.2) is 0 Å². The Balaban J connectivity index is 2.45. The van der Waals surface area contributed by atoms with Crippen LogP contribution < -0.4 is 0 Å². The SMILES string of the molecule is Cc1ccc(-c2cccc(C(C)C)c2)cc1C. The lowest BCUT2D eigenvalue weighted by molar-refractivity contribution is 0.867. The summed E-state index contributed by atoms with van der Waals surface area (Å²) in [6, 6.07) is 15.5. The van der Waals surface area contributed by atoms with Gasteiger partial charge in [0, 0.05) is 0 Å². The van der Waals surface area contributed by atoms with Crippen molar-refractivity contribution in [3.05, 3.63) is 59.2 Å². The van der Waals surface area contributed by atoms with Gasteiger partial charge in [-0.3, -0.25) is 0 Å². The number of rotatable bonds is 2. The standard InChI is InChI=1S/C17H20/c1-12(2)15-6-5-7-16(11-15)17-9-8-13(3)14(4)10-17/h5-12H,1-4H3. The molecule has 0 unspecified atom stereocenters. The van der Waals surface area contributed by atoms with E-state index in [0.717, 1.165) is 0 Å². The molecule has 0 saturated heterocycles. The summed E-state index contributed by atoms with van der Waals surface area (Å²) in [6.45, 7) is 8.80. The monoisotopic (exact) mass is 224 g/mol. The summed E-state index contributed by atoms with van der Waals surface area (Å²) in [5, 5.41) is 0. The van der Waals surface area contributed by atoms with Crippen molar-refractivity contribution in [2.24, 2.45) is 0 Å². The Labute approximate surface area is 104 Å². The van der Waals surface area contributed by atoms with Gasteiger partial charge in [-0.1, -0.05) is 56.3 Å². The van der Waals surface area contributed by atoms with E-state index >= 15 is 0 Å². The first-order chi connectivity index (χ1) is 8.08. The van der Waals surface area contributed by atoms with Crippen LogP contribution in [0.3, 0.4) is 0 Å². The third-order valence-electron chi connectivity index (χ3n) is 3.39. The third-order valence-corrected chi connectivity index (χ3v) is 3.39. The van der Waals surface area contributed by atoms with Gasteiger partial charge in [0.1, 0.15) is 0 Å². The van der Waals surface area contributed by atoms with Crippen molar-refractivity contribution < 1.29 is 0 Å². The molecular formula is C17H20. The zero-order valence-corrected chi connectivity index (χ0v) is 11.1. The van der Waals surface area contributed by atoms with Gasteiger partial charge < -0.3 is 0 Å². The van der Waals surface area contributed by atoms with Crippen LogP contribution in [0, 0.1) is 13.8 Å². The fourth-order valence-electron chi connectivity index (χ4n) is 2.00. The van der Waals surface area contributed by atoms with Crippen molar-refractivity contribution in [3.8, 4) is 11.1 Å². The van der Waals surface area contributed by atoms with E-state index in [-0.39, 0.29) is 0 Å². The van der Waals surface area contributed by atoms with Crippen LogP contribution in [0.4, 0.5) is 0 Å². The minimum absolute atomic E-state index is 0.585. The van der Waals surface area contributed by atoms with E-state index in [1.54, 1.807) is 0 Å². The molecule has 0 spiro atoms. The molecule has 0 amide bonds. The van der Waals surface area contributed by atoms with Crippen LogP contribution in [0.15, 0.2) is 42.5 Å². The van der Waals surface area contributed by atoms with Crippen LogP contribution in [-0.4, -0.2) is 0 Å². The highest BCUT2D eigenvalue weighted by molar-refractivity contribution is 5.65. The van der Waals surface area contributed by atoms with Crippen LogP contribution >= 0.6 is 0 Å². The Morgan fingerprint density at radius 1 is 0.765 bits per heavy atom. The summed E-state index contributed by atoms with van der Waals surface area (Å²) < 4.78 is 0. The first kappa shape index (κ1) is 11.9. The van der Waals surface area contributed by atoms with Crippen molar-refractivity contribution in [1.29, 1.82) is 0 Å². The second-order valence-electron chi connectivity index (χ2n) is 5.08. The molecule has 2 rings (SSSR count). The second-order valence-corrected chi connectivity index (χ2v) is 5.08. The average molecular weight is 224 g/mol. The van der Waals surface area contributed by atoms with Crippen molar-refractivity contribution in [2.75, 3.05) is 0 Å². The molecule has 0 radical (unpaired) electrons. The van der Waals surface area contributed by atoms with Gasteiger partial charge in [0.15, 0.2) is 0 Å². The topological polar surface area (TPSA) is 0 Å². The number of hydrogen-bond acceptors (Lipinski definition) is 0. The molecule has 0 bridgehead atoms. The predicted octanol–water partition coefficient (Wildman–Crippen LogP) is 5.09. The van der Waals surface area contributed by atoms with Gasteiger partial charge in [-0.2, -0.15) is 0 Å². The molecule has 0 nitrogen and oxygen atoms in total. The molecule has 0 heteroatoms. The van der Waals surface area contributed by atoms with Crippen molar-refractivity contribution in [3.63, 3.8) is 0 Å². The number of benzene rings is 2. The normalized spacial score (nSPS) is 10.9. The molecule has 17 heavy (non-hydrogen) atoms. The summed E-state index contributed by atoms with van der Waals surface area (Å²) in [6.07, 6.45) is 0. The molecule has 0 aliphatic carbocycles. The summed E-state index contributed by atoms with van der Waals surface area (Å²) >= 11 is 0. The largest absolute Gasteiger partial charge is 0.0614 e. The maximum absolute atomic E-state index is 2.30. The minimum Gasteiger partial charge on any atom is -0.0614 e. The van der Waals surface area contributed by atoms with E-state index in [1.165, 1.54) is 27.8 Å². The third kappa shape index (κ3) is 2.58. The van der Waals surface area contributed by atoms with Gasteiger partial charge in [-0.05, 0) is 47.6 Å². The number of aryl methyl sites for hydroxylation is 2. The highest BCUT2D eigenvalue weighted by Crippen LogP contribution is 2.25. The van der Waals surface area contributed by atoms with Gasteiger partial charge in [0.2, 0.25) is 0 Å². The first-order valence-electron chi connectivity index (χ1n) is 6.25. The predicted molar refractivity (Wildman–Crippen MR) is 75.4 cm³/mol. The summed E-state index contributed by atoms with van der Waals surface area (Å²) in [4.78, 5) is 0. The van der Waals surface area contributed by atoms with E-state index in [9.17, 15) is 0 Å². The van der Waals surface area contributed by atoms with Crippen LogP contribution in [0.1, 0.15) is 36.5 Å². The molecule has 88 valence electrons. The summed E-state index contributed by atoms with van der Waals surface area (Å²) in [5.74, 6) is 0.585. The zero-order chi connectivity index (χ0) is 12.4. The fraction of sp³-hybridized carbons (Fsp3) is 0.294. The molecule has 0 aliphatic rings. The molecule has 0 fully saturated rings. The quantitative estimate of drug-likeness (QED) is 0.666. The molecule has 0 aromatic heterocycles.